The van der Waals surface area contributed by atoms with Gasteiger partial charge in [0.05, 0.1) is 0 Å². The summed E-state index contributed by atoms with van der Waals surface area (Å²) in [5.74, 6) is 1.21. The van der Waals surface area contributed by atoms with E-state index < -0.39 is 0 Å². The average molecular weight is 246 g/mol. The maximum Gasteiger partial charge on any atom is 0.243 e. The molecule has 0 atom stereocenters. The number of nitrogen functional groups attached to an aromatic ring is 1. The lowest BCUT2D eigenvalue weighted by Crippen LogP contribution is -2.29. The molecule has 0 aliphatic carbocycles. The smallest absolute Gasteiger partial charge is 0.243 e. The minimum Gasteiger partial charge on any atom is -0.380 e. The first-order chi connectivity index (χ1) is 6.29. The fraction of sp³-hybridized carbons (Fsp3) is 0.625. The molecular weight excluding hydrogens is 234 g/mol. The van der Waals surface area contributed by atoms with E-state index in [9.17, 15) is 0 Å². The van der Waals surface area contributed by atoms with E-state index in [4.69, 9.17) is 10.3 Å². The van der Waals surface area contributed by atoms with Crippen LogP contribution in [0.3, 0.4) is 0 Å². The number of hydrogen-bond donors (Lipinski definition) is 1. The number of rotatable bonds is 1. The van der Waals surface area contributed by atoms with E-state index in [0.717, 1.165) is 23.4 Å². The second kappa shape index (κ2) is 3.57. The molecule has 0 aromatic carbocycles. The zero-order valence-corrected chi connectivity index (χ0v) is 8.88. The molecule has 1 aromatic heterocycles. The highest BCUT2D eigenvalue weighted by Crippen LogP contribution is 2.32. The number of hydrogen-bond acceptors (Lipinski definition) is 4. The van der Waals surface area contributed by atoms with Gasteiger partial charge in [-0.15, -0.1) is 0 Å². The third-order valence-electron chi connectivity index (χ3n) is 2.29. The lowest BCUT2D eigenvalue weighted by Gasteiger charge is -2.25. The molecule has 4 nitrogen and oxygen atoms in total. The second-order valence-corrected chi connectivity index (χ2v) is 4.03. The molecule has 1 fully saturated rings. The lowest BCUT2D eigenvalue weighted by molar-refractivity contribution is 0.407. The summed E-state index contributed by atoms with van der Waals surface area (Å²) in [6, 6.07) is 0. The average Bonchev–Trinajstić information content (AvgIpc) is 2.49. The fourth-order valence-corrected chi connectivity index (χ4v) is 1.97. The quantitative estimate of drug-likeness (QED) is 0.823. The normalized spacial score (nSPS) is 17.8. The number of piperidine rings is 1. The predicted octanol–water partition coefficient (Wildman–Crippen LogP) is 2.01. The molecular formula is C8H12BrN3O. The van der Waals surface area contributed by atoms with Gasteiger partial charge in [-0.3, -0.25) is 0 Å². The van der Waals surface area contributed by atoms with E-state index in [-0.39, 0.29) is 0 Å². The van der Waals surface area contributed by atoms with Crippen molar-refractivity contribution < 1.29 is 4.52 Å². The molecule has 5 heteroatoms. The summed E-state index contributed by atoms with van der Waals surface area (Å²) in [6.45, 7) is 2.07. The molecule has 13 heavy (non-hydrogen) atoms. The van der Waals surface area contributed by atoms with Crippen molar-refractivity contribution in [2.24, 2.45) is 0 Å². The molecule has 1 aliphatic heterocycles. The number of aromatic nitrogens is 1. The third-order valence-corrected chi connectivity index (χ3v) is 3.03. The van der Waals surface area contributed by atoms with Crippen LogP contribution in [-0.2, 0) is 0 Å². The first-order valence-electron chi connectivity index (χ1n) is 4.44. The summed E-state index contributed by atoms with van der Waals surface area (Å²) in [7, 11) is 0. The molecule has 0 unspecified atom stereocenters. The van der Waals surface area contributed by atoms with Crippen molar-refractivity contribution in [3.05, 3.63) is 4.47 Å². The van der Waals surface area contributed by atoms with Crippen molar-refractivity contribution in [3.8, 4) is 0 Å². The molecule has 1 aromatic rings. The molecule has 2 heterocycles. The Morgan fingerprint density at radius 3 is 2.54 bits per heavy atom. The topological polar surface area (TPSA) is 55.3 Å². The van der Waals surface area contributed by atoms with Crippen LogP contribution in [0.2, 0.25) is 0 Å². The molecule has 1 saturated heterocycles. The van der Waals surface area contributed by atoms with E-state index in [2.05, 4.69) is 26.0 Å². The van der Waals surface area contributed by atoms with Crippen LogP contribution in [0.1, 0.15) is 19.3 Å². The molecule has 2 rings (SSSR count). The maximum absolute atomic E-state index is 5.57. The fourth-order valence-electron chi connectivity index (χ4n) is 1.58. The van der Waals surface area contributed by atoms with Gasteiger partial charge in [0.25, 0.3) is 0 Å². The van der Waals surface area contributed by atoms with Crippen molar-refractivity contribution in [3.63, 3.8) is 0 Å². The Hall–Kier alpha value is -0.710. The maximum atomic E-state index is 5.57. The number of nitrogens with two attached hydrogens (primary N) is 1. The van der Waals surface area contributed by atoms with E-state index in [1.807, 2.05) is 0 Å². The largest absolute Gasteiger partial charge is 0.380 e. The van der Waals surface area contributed by atoms with Crippen LogP contribution in [-0.4, -0.2) is 18.2 Å². The minimum absolute atomic E-state index is 0.431. The summed E-state index contributed by atoms with van der Waals surface area (Å²) in [6.07, 6.45) is 3.73. The highest BCUT2D eigenvalue weighted by molar-refractivity contribution is 9.10. The standard InChI is InChI=1S/C8H12BrN3O/c9-6-7(10)11-13-8(6)12-4-2-1-3-5-12/h1-5H2,(H2,10,11). The number of anilines is 2. The Balaban J connectivity index is 2.18. The monoisotopic (exact) mass is 245 g/mol. The van der Waals surface area contributed by atoms with Gasteiger partial charge >= 0.3 is 0 Å². The molecule has 0 saturated carbocycles. The lowest BCUT2D eigenvalue weighted by atomic mass is 10.1. The third kappa shape index (κ3) is 1.65. The van der Waals surface area contributed by atoms with Crippen molar-refractivity contribution in [1.82, 2.24) is 5.16 Å². The molecule has 0 spiro atoms. The van der Waals surface area contributed by atoms with Crippen LogP contribution in [0.5, 0.6) is 0 Å². The van der Waals surface area contributed by atoms with Gasteiger partial charge in [-0.1, -0.05) is 5.16 Å². The summed E-state index contributed by atoms with van der Waals surface area (Å²) in [5.41, 5.74) is 5.57. The highest BCUT2D eigenvalue weighted by atomic mass is 79.9. The van der Waals surface area contributed by atoms with Crippen molar-refractivity contribution >= 4 is 27.6 Å². The van der Waals surface area contributed by atoms with E-state index in [1.165, 1.54) is 19.3 Å². The van der Waals surface area contributed by atoms with Gasteiger partial charge in [-0.25, -0.2) is 0 Å². The summed E-state index contributed by atoms with van der Waals surface area (Å²) >= 11 is 3.36. The van der Waals surface area contributed by atoms with Gasteiger partial charge in [-0.05, 0) is 35.2 Å². The van der Waals surface area contributed by atoms with E-state index in [0.29, 0.717) is 5.82 Å². The number of nitrogens with zero attached hydrogens (tertiary/aromatic N) is 2. The first kappa shape index (κ1) is 8.87. The van der Waals surface area contributed by atoms with Crippen LogP contribution in [0.15, 0.2) is 9.00 Å². The minimum atomic E-state index is 0.431. The zero-order valence-electron chi connectivity index (χ0n) is 7.29. The second-order valence-electron chi connectivity index (χ2n) is 3.23. The summed E-state index contributed by atoms with van der Waals surface area (Å²) in [4.78, 5) is 2.18. The first-order valence-corrected chi connectivity index (χ1v) is 5.24. The Bertz CT molecular complexity index is 294. The van der Waals surface area contributed by atoms with Gasteiger partial charge in [0.2, 0.25) is 5.88 Å². The van der Waals surface area contributed by atoms with Crippen molar-refractivity contribution in [2.75, 3.05) is 23.7 Å². The molecule has 1 aliphatic rings. The Morgan fingerprint density at radius 2 is 2.00 bits per heavy atom. The number of halogens is 1. The Labute approximate surface area is 85.2 Å². The Kier molecular flexibility index (Phi) is 2.44. The van der Waals surface area contributed by atoms with Gasteiger partial charge in [0.15, 0.2) is 5.82 Å². The molecule has 72 valence electrons. The van der Waals surface area contributed by atoms with Crippen molar-refractivity contribution in [1.29, 1.82) is 0 Å². The molecule has 0 amide bonds. The van der Waals surface area contributed by atoms with Crippen LogP contribution >= 0.6 is 15.9 Å². The zero-order chi connectivity index (χ0) is 9.26. The molecule has 0 bridgehead atoms. The molecule has 0 radical (unpaired) electrons. The van der Waals surface area contributed by atoms with Crippen LogP contribution in [0, 0.1) is 0 Å². The SMILES string of the molecule is Nc1noc(N2CCCCC2)c1Br. The van der Waals surface area contributed by atoms with E-state index in [1.54, 1.807) is 0 Å². The van der Waals surface area contributed by atoms with Crippen LogP contribution in [0.25, 0.3) is 0 Å². The van der Waals surface area contributed by atoms with Gasteiger partial charge in [0.1, 0.15) is 4.47 Å². The van der Waals surface area contributed by atoms with Crippen molar-refractivity contribution in [2.45, 2.75) is 19.3 Å². The van der Waals surface area contributed by atoms with Crippen LogP contribution < -0.4 is 10.6 Å². The summed E-state index contributed by atoms with van der Waals surface area (Å²) in [5, 5.41) is 3.71. The Morgan fingerprint density at radius 1 is 1.31 bits per heavy atom. The molecule has 2 N–H and O–H groups in total. The van der Waals surface area contributed by atoms with Gasteiger partial charge < -0.3 is 15.2 Å². The van der Waals surface area contributed by atoms with Gasteiger partial charge in [0, 0.05) is 13.1 Å². The summed E-state index contributed by atoms with van der Waals surface area (Å²) < 4.78 is 5.93. The highest BCUT2D eigenvalue weighted by Gasteiger charge is 2.19. The van der Waals surface area contributed by atoms with Gasteiger partial charge in [-0.2, -0.15) is 0 Å². The van der Waals surface area contributed by atoms with Crippen LogP contribution in [0.4, 0.5) is 11.7 Å². The predicted molar refractivity (Wildman–Crippen MR) is 54.7 cm³/mol. The van der Waals surface area contributed by atoms with E-state index >= 15 is 0 Å².